The Morgan fingerprint density at radius 2 is 1.54 bits per heavy atom. The quantitative estimate of drug-likeness (QED) is 0.338. The highest BCUT2D eigenvalue weighted by atomic mass is 35.5. The molecule has 0 aliphatic carbocycles. The molecule has 1 fully saturated rings. The van der Waals surface area contributed by atoms with Gasteiger partial charge in [0.15, 0.2) is 0 Å². The van der Waals surface area contributed by atoms with Crippen molar-refractivity contribution >= 4 is 56.2 Å². The number of fused-ring (bicyclic) bond motifs is 1. The second-order valence-corrected chi connectivity index (χ2v) is 10.1. The molecular weight excluding hydrogens is 510 g/mol. The Morgan fingerprint density at radius 1 is 0.892 bits per heavy atom. The lowest BCUT2D eigenvalue weighted by Gasteiger charge is -2.36. The van der Waals surface area contributed by atoms with E-state index in [-0.39, 0.29) is 11.8 Å². The van der Waals surface area contributed by atoms with Crippen LogP contribution in [0.25, 0.3) is 10.1 Å². The van der Waals surface area contributed by atoms with Crippen molar-refractivity contribution in [3.8, 4) is 11.5 Å². The van der Waals surface area contributed by atoms with Crippen molar-refractivity contribution in [3.05, 3.63) is 82.2 Å². The second-order valence-electron chi connectivity index (χ2n) is 8.62. The molecule has 1 aromatic heterocycles. The van der Waals surface area contributed by atoms with E-state index in [1.807, 2.05) is 53.4 Å². The highest BCUT2D eigenvalue weighted by Crippen LogP contribution is 2.35. The molecule has 1 N–H and O–H groups in total. The standard InChI is InChI=1S/C28H26ClN3O4S/c1-35-21-15-18(16-22(17-21)36-2)28(34)32-13-11-31(12-14-32)20-9-7-19(8-10-20)30-27(33)26-25(29)23-5-3-4-6-24(23)37-26/h3-10,15-17H,11-14H2,1-2H3,(H,30,33). The molecule has 3 aromatic carbocycles. The smallest absolute Gasteiger partial charge is 0.267 e. The molecule has 1 aliphatic rings. The van der Waals surface area contributed by atoms with E-state index in [2.05, 4.69) is 10.2 Å². The third-order valence-corrected chi connectivity index (χ3v) is 8.07. The molecule has 0 radical (unpaired) electrons. The van der Waals surface area contributed by atoms with Crippen molar-refractivity contribution in [1.29, 1.82) is 0 Å². The molecule has 0 unspecified atom stereocenters. The van der Waals surface area contributed by atoms with E-state index in [0.29, 0.717) is 58.8 Å². The lowest BCUT2D eigenvalue weighted by Crippen LogP contribution is -2.48. The number of halogens is 1. The number of anilines is 2. The van der Waals surface area contributed by atoms with Crippen molar-refractivity contribution in [2.75, 3.05) is 50.6 Å². The summed E-state index contributed by atoms with van der Waals surface area (Å²) in [6.07, 6.45) is 0. The summed E-state index contributed by atoms with van der Waals surface area (Å²) in [5.74, 6) is 0.904. The Morgan fingerprint density at radius 3 is 2.16 bits per heavy atom. The summed E-state index contributed by atoms with van der Waals surface area (Å²) in [5, 5.41) is 4.31. The Balaban J connectivity index is 1.20. The van der Waals surface area contributed by atoms with Gasteiger partial charge < -0.3 is 24.6 Å². The molecule has 1 saturated heterocycles. The number of ether oxygens (including phenoxy) is 2. The lowest BCUT2D eigenvalue weighted by molar-refractivity contribution is 0.0746. The minimum atomic E-state index is -0.222. The molecule has 4 aromatic rings. The second kappa shape index (κ2) is 10.7. The maximum absolute atomic E-state index is 13.1. The molecular formula is C28H26ClN3O4S. The van der Waals surface area contributed by atoms with Crippen LogP contribution in [-0.2, 0) is 0 Å². The number of carbonyl (C=O) groups excluding carboxylic acids is 2. The van der Waals surface area contributed by atoms with E-state index < -0.39 is 0 Å². The lowest BCUT2D eigenvalue weighted by atomic mass is 10.1. The van der Waals surface area contributed by atoms with Gasteiger partial charge in [-0.05, 0) is 42.5 Å². The number of rotatable bonds is 6. The van der Waals surface area contributed by atoms with Crippen LogP contribution in [0.1, 0.15) is 20.0 Å². The van der Waals surface area contributed by atoms with E-state index >= 15 is 0 Å². The summed E-state index contributed by atoms with van der Waals surface area (Å²) in [7, 11) is 3.13. The molecule has 1 aliphatic heterocycles. The van der Waals surface area contributed by atoms with Crippen LogP contribution < -0.4 is 19.7 Å². The Labute approximate surface area is 224 Å². The van der Waals surface area contributed by atoms with Crippen molar-refractivity contribution < 1.29 is 19.1 Å². The number of carbonyl (C=O) groups is 2. The number of methoxy groups -OCH3 is 2. The van der Waals surface area contributed by atoms with Gasteiger partial charge in [0.25, 0.3) is 11.8 Å². The van der Waals surface area contributed by atoms with Crippen LogP contribution in [0.3, 0.4) is 0 Å². The Kier molecular flexibility index (Phi) is 7.21. The number of hydrogen-bond donors (Lipinski definition) is 1. The van der Waals surface area contributed by atoms with Gasteiger partial charge in [0.1, 0.15) is 16.4 Å². The fourth-order valence-corrected chi connectivity index (χ4v) is 5.80. The molecule has 0 saturated carbocycles. The van der Waals surface area contributed by atoms with Gasteiger partial charge in [-0.15, -0.1) is 11.3 Å². The number of hydrogen-bond acceptors (Lipinski definition) is 6. The van der Waals surface area contributed by atoms with Gasteiger partial charge in [-0.3, -0.25) is 9.59 Å². The molecule has 0 atom stereocenters. The first kappa shape index (κ1) is 24.9. The SMILES string of the molecule is COc1cc(OC)cc(C(=O)N2CCN(c3ccc(NC(=O)c4sc5ccccc5c4Cl)cc3)CC2)c1. The summed E-state index contributed by atoms with van der Waals surface area (Å²) in [6, 6.07) is 20.7. The van der Waals surface area contributed by atoms with Gasteiger partial charge in [-0.25, -0.2) is 0 Å². The van der Waals surface area contributed by atoms with Gasteiger partial charge >= 0.3 is 0 Å². The van der Waals surface area contributed by atoms with Gasteiger partial charge in [-0.1, -0.05) is 29.8 Å². The van der Waals surface area contributed by atoms with Crippen LogP contribution in [0.4, 0.5) is 11.4 Å². The topological polar surface area (TPSA) is 71.1 Å². The van der Waals surface area contributed by atoms with Crippen molar-refractivity contribution in [1.82, 2.24) is 4.90 Å². The minimum Gasteiger partial charge on any atom is -0.497 e. The van der Waals surface area contributed by atoms with Crippen LogP contribution in [0.2, 0.25) is 5.02 Å². The first-order chi connectivity index (χ1) is 18.0. The summed E-state index contributed by atoms with van der Waals surface area (Å²) >= 11 is 7.83. The van der Waals surface area contributed by atoms with Crippen molar-refractivity contribution in [2.45, 2.75) is 0 Å². The molecule has 5 rings (SSSR count). The van der Waals surface area contributed by atoms with Crippen molar-refractivity contribution in [3.63, 3.8) is 0 Å². The predicted molar refractivity (Wildman–Crippen MR) is 149 cm³/mol. The molecule has 0 spiro atoms. The molecule has 190 valence electrons. The first-order valence-electron chi connectivity index (χ1n) is 11.8. The van der Waals surface area contributed by atoms with Crippen LogP contribution in [0, 0.1) is 0 Å². The summed E-state index contributed by atoms with van der Waals surface area (Å²) in [6.45, 7) is 2.61. The van der Waals surface area contributed by atoms with Crippen LogP contribution >= 0.6 is 22.9 Å². The van der Waals surface area contributed by atoms with Crippen LogP contribution in [0.5, 0.6) is 11.5 Å². The third-order valence-electron chi connectivity index (χ3n) is 6.40. The molecule has 37 heavy (non-hydrogen) atoms. The molecule has 2 heterocycles. The third kappa shape index (κ3) is 5.21. The summed E-state index contributed by atoms with van der Waals surface area (Å²) in [5.41, 5.74) is 2.28. The molecule has 0 bridgehead atoms. The average molecular weight is 536 g/mol. The van der Waals surface area contributed by atoms with Crippen LogP contribution in [0.15, 0.2) is 66.7 Å². The van der Waals surface area contributed by atoms with Gasteiger partial charge in [0.2, 0.25) is 0 Å². The number of nitrogens with one attached hydrogen (secondary N) is 1. The highest BCUT2D eigenvalue weighted by molar-refractivity contribution is 7.21. The number of piperazine rings is 1. The van der Waals surface area contributed by atoms with E-state index in [9.17, 15) is 9.59 Å². The fourth-order valence-electron chi connectivity index (χ4n) is 4.38. The average Bonchev–Trinajstić information content (AvgIpc) is 3.29. The van der Waals surface area contributed by atoms with Gasteiger partial charge in [-0.2, -0.15) is 0 Å². The summed E-state index contributed by atoms with van der Waals surface area (Å²) in [4.78, 5) is 30.5. The minimum absolute atomic E-state index is 0.0465. The monoisotopic (exact) mass is 535 g/mol. The highest BCUT2D eigenvalue weighted by Gasteiger charge is 2.23. The molecule has 9 heteroatoms. The Hall–Kier alpha value is -3.75. The number of nitrogens with zero attached hydrogens (tertiary/aromatic N) is 2. The molecule has 2 amide bonds. The van der Waals surface area contributed by atoms with E-state index in [0.717, 1.165) is 15.8 Å². The zero-order valence-corrected chi connectivity index (χ0v) is 22.1. The van der Waals surface area contributed by atoms with E-state index in [1.165, 1.54) is 11.3 Å². The fraction of sp³-hybridized carbons (Fsp3) is 0.214. The Bertz CT molecular complexity index is 1420. The van der Waals surface area contributed by atoms with E-state index in [1.54, 1.807) is 32.4 Å². The molecule has 7 nitrogen and oxygen atoms in total. The normalized spacial score (nSPS) is 13.5. The van der Waals surface area contributed by atoms with Crippen molar-refractivity contribution in [2.24, 2.45) is 0 Å². The predicted octanol–water partition coefficient (Wildman–Crippen LogP) is 5.79. The zero-order valence-electron chi connectivity index (χ0n) is 20.5. The maximum Gasteiger partial charge on any atom is 0.267 e. The first-order valence-corrected chi connectivity index (χ1v) is 13.0. The number of benzene rings is 3. The van der Waals surface area contributed by atoms with E-state index in [4.69, 9.17) is 21.1 Å². The van der Waals surface area contributed by atoms with Gasteiger partial charge in [0, 0.05) is 59.3 Å². The zero-order chi connectivity index (χ0) is 25.9. The summed E-state index contributed by atoms with van der Waals surface area (Å²) < 4.78 is 11.6. The number of amides is 2. The number of thiophene rings is 1. The van der Waals surface area contributed by atoms with Gasteiger partial charge in [0.05, 0.1) is 19.2 Å². The van der Waals surface area contributed by atoms with Crippen LogP contribution in [-0.4, -0.2) is 57.1 Å². The maximum atomic E-state index is 13.1. The largest absolute Gasteiger partial charge is 0.497 e.